The molecule has 0 bridgehead atoms. The zero-order valence-electron chi connectivity index (χ0n) is 20.7. The lowest BCUT2D eigenvalue weighted by molar-refractivity contribution is 0.0948. The molecule has 1 aromatic heterocycles. The molecule has 8 nitrogen and oxygen atoms in total. The summed E-state index contributed by atoms with van der Waals surface area (Å²) >= 11 is 0. The summed E-state index contributed by atoms with van der Waals surface area (Å²) in [5, 5.41) is 3.01. The van der Waals surface area contributed by atoms with Gasteiger partial charge in [0.25, 0.3) is 5.91 Å². The first kappa shape index (κ1) is 24.9. The summed E-state index contributed by atoms with van der Waals surface area (Å²) in [5.41, 5.74) is 1.84. The number of aryl methyl sites for hydroxylation is 1. The largest absolute Gasteiger partial charge is 0.352 e. The third-order valence-corrected chi connectivity index (χ3v) is 6.86. The molecule has 35 heavy (non-hydrogen) atoms. The van der Waals surface area contributed by atoms with Crippen LogP contribution in [-0.2, 0) is 13.1 Å². The Morgan fingerprint density at radius 1 is 0.800 bits per heavy atom. The van der Waals surface area contributed by atoms with E-state index in [1.807, 2.05) is 43.3 Å². The molecule has 0 radical (unpaired) electrons. The quantitative estimate of drug-likeness (QED) is 0.377. The summed E-state index contributed by atoms with van der Waals surface area (Å²) in [6.45, 7) is 11.9. The molecular formula is C27H35N5O3. The maximum absolute atomic E-state index is 12.8. The Morgan fingerprint density at radius 2 is 1.40 bits per heavy atom. The highest BCUT2D eigenvalue weighted by atomic mass is 16.2. The van der Waals surface area contributed by atoms with Gasteiger partial charge in [-0.3, -0.25) is 19.0 Å². The number of rotatable bonds is 9. The number of para-hydroxylation sites is 2. The van der Waals surface area contributed by atoms with Crippen LogP contribution in [0.2, 0.25) is 0 Å². The number of hydrogen-bond acceptors (Lipinski definition) is 5. The van der Waals surface area contributed by atoms with Gasteiger partial charge in [0.05, 0.1) is 17.6 Å². The molecule has 2 heterocycles. The summed E-state index contributed by atoms with van der Waals surface area (Å²) in [4.78, 5) is 42.9. The van der Waals surface area contributed by atoms with Gasteiger partial charge in [-0.15, -0.1) is 0 Å². The summed E-state index contributed by atoms with van der Waals surface area (Å²) in [7, 11) is 0. The Balaban J connectivity index is 1.35. The number of aromatic nitrogens is 2. The van der Waals surface area contributed by atoms with Gasteiger partial charge in [-0.05, 0) is 56.3 Å². The van der Waals surface area contributed by atoms with Crippen molar-refractivity contribution in [3.05, 3.63) is 80.4 Å². The number of benzene rings is 2. The number of carbonyl (C=O) groups is 1. The Hall–Kier alpha value is -3.23. The van der Waals surface area contributed by atoms with Crippen molar-refractivity contribution < 1.29 is 4.79 Å². The van der Waals surface area contributed by atoms with Crippen LogP contribution in [-0.4, -0.2) is 70.7 Å². The number of piperazine rings is 1. The summed E-state index contributed by atoms with van der Waals surface area (Å²) in [6.07, 6.45) is 0.926. The van der Waals surface area contributed by atoms with Crippen LogP contribution in [0, 0.1) is 0 Å². The van der Waals surface area contributed by atoms with Gasteiger partial charge in [0.1, 0.15) is 0 Å². The van der Waals surface area contributed by atoms with Crippen molar-refractivity contribution in [1.82, 2.24) is 24.3 Å². The van der Waals surface area contributed by atoms with Crippen LogP contribution in [0.3, 0.4) is 0 Å². The number of hydrogen-bond donors (Lipinski definition) is 1. The average Bonchev–Trinajstić information content (AvgIpc) is 2.90. The minimum atomic E-state index is -0.538. The maximum atomic E-state index is 12.8. The molecule has 1 amide bonds. The van der Waals surface area contributed by atoms with E-state index < -0.39 is 11.1 Å². The minimum Gasteiger partial charge on any atom is -0.352 e. The highest BCUT2D eigenvalue weighted by molar-refractivity contribution is 5.94. The number of carbonyl (C=O) groups excluding carboxylic acids is 1. The van der Waals surface area contributed by atoms with Crippen LogP contribution in [0.5, 0.6) is 0 Å². The van der Waals surface area contributed by atoms with Crippen molar-refractivity contribution in [2.45, 2.75) is 33.4 Å². The van der Waals surface area contributed by atoms with E-state index in [2.05, 4.69) is 22.0 Å². The number of nitrogens with zero attached hydrogens (tertiary/aromatic N) is 4. The minimum absolute atomic E-state index is 0.0967. The normalized spacial score (nSPS) is 14.9. The molecule has 1 aliphatic heterocycles. The fraction of sp³-hybridized carbons (Fsp3) is 0.444. The van der Waals surface area contributed by atoms with Gasteiger partial charge in [0.15, 0.2) is 0 Å². The summed E-state index contributed by atoms with van der Waals surface area (Å²) < 4.78 is 3.02. The van der Waals surface area contributed by atoms with E-state index in [9.17, 15) is 14.4 Å². The van der Waals surface area contributed by atoms with E-state index in [0.29, 0.717) is 18.7 Å². The van der Waals surface area contributed by atoms with Gasteiger partial charge in [0, 0.05) is 44.8 Å². The average molecular weight is 478 g/mol. The molecule has 2 aromatic carbocycles. The molecule has 186 valence electrons. The predicted octanol–water partition coefficient (Wildman–Crippen LogP) is 1.99. The van der Waals surface area contributed by atoms with Gasteiger partial charge in [-0.1, -0.05) is 31.2 Å². The van der Waals surface area contributed by atoms with E-state index in [1.54, 1.807) is 12.1 Å². The third kappa shape index (κ3) is 5.71. The molecule has 0 spiro atoms. The second kappa shape index (κ2) is 11.5. The monoisotopic (exact) mass is 477 g/mol. The zero-order valence-corrected chi connectivity index (χ0v) is 20.7. The fourth-order valence-corrected chi connectivity index (χ4v) is 4.72. The van der Waals surface area contributed by atoms with Crippen LogP contribution >= 0.6 is 0 Å². The predicted molar refractivity (Wildman–Crippen MR) is 139 cm³/mol. The third-order valence-electron chi connectivity index (χ3n) is 6.86. The standard InChI is InChI=1S/C27H35N5O3/c1-3-29-16-18-30(19-17-29)15-7-14-28-25(33)22-12-10-21(11-13-22)20-32-24-9-6-5-8-23(24)31(4-2)26(34)27(32)35/h5-6,8-13H,3-4,7,14-20H2,1-2H3,(H,28,33). The van der Waals surface area contributed by atoms with Crippen molar-refractivity contribution in [2.75, 3.05) is 45.8 Å². The topological polar surface area (TPSA) is 79.6 Å². The molecular weight excluding hydrogens is 442 g/mol. The molecule has 0 atom stereocenters. The Morgan fingerprint density at radius 3 is 2.03 bits per heavy atom. The lowest BCUT2D eigenvalue weighted by Gasteiger charge is -2.33. The molecule has 0 unspecified atom stereocenters. The molecule has 4 rings (SSSR count). The Labute approximate surface area is 205 Å². The van der Waals surface area contributed by atoms with Crippen LogP contribution in [0.25, 0.3) is 11.0 Å². The maximum Gasteiger partial charge on any atom is 0.317 e. The molecule has 0 saturated carbocycles. The van der Waals surface area contributed by atoms with Gasteiger partial charge in [0.2, 0.25) is 0 Å². The summed E-state index contributed by atoms with van der Waals surface area (Å²) in [6, 6.07) is 14.7. The lowest BCUT2D eigenvalue weighted by Crippen LogP contribution is -2.46. The molecule has 1 fully saturated rings. The Bertz CT molecular complexity index is 1270. The van der Waals surface area contributed by atoms with Gasteiger partial charge < -0.3 is 19.7 Å². The van der Waals surface area contributed by atoms with Crippen molar-refractivity contribution >= 4 is 16.9 Å². The fourth-order valence-electron chi connectivity index (χ4n) is 4.72. The number of likely N-dealkylation sites (N-methyl/N-ethyl adjacent to an activating group) is 1. The van der Waals surface area contributed by atoms with Crippen LogP contribution in [0.15, 0.2) is 58.1 Å². The van der Waals surface area contributed by atoms with E-state index >= 15 is 0 Å². The molecule has 0 aliphatic carbocycles. The van der Waals surface area contributed by atoms with Crippen molar-refractivity contribution in [3.63, 3.8) is 0 Å². The smallest absolute Gasteiger partial charge is 0.317 e. The van der Waals surface area contributed by atoms with Crippen LogP contribution in [0.1, 0.15) is 36.2 Å². The van der Waals surface area contributed by atoms with Gasteiger partial charge >= 0.3 is 11.1 Å². The van der Waals surface area contributed by atoms with E-state index in [0.717, 1.165) is 62.3 Å². The summed E-state index contributed by atoms with van der Waals surface area (Å²) in [5.74, 6) is -0.0967. The molecule has 1 aliphatic rings. The van der Waals surface area contributed by atoms with E-state index in [1.165, 1.54) is 9.13 Å². The molecule has 3 aromatic rings. The molecule has 1 N–H and O–H groups in total. The second-order valence-electron chi connectivity index (χ2n) is 9.01. The SMILES string of the molecule is CCN1CCN(CCCNC(=O)c2ccc(Cn3c(=O)c(=O)n(CC)c4ccccc43)cc2)CC1. The zero-order chi connectivity index (χ0) is 24.8. The Kier molecular flexibility index (Phi) is 8.15. The highest BCUT2D eigenvalue weighted by Crippen LogP contribution is 2.13. The first-order valence-electron chi connectivity index (χ1n) is 12.6. The van der Waals surface area contributed by atoms with E-state index in [4.69, 9.17) is 0 Å². The van der Waals surface area contributed by atoms with E-state index in [-0.39, 0.29) is 12.5 Å². The van der Waals surface area contributed by atoms with Crippen LogP contribution in [0.4, 0.5) is 0 Å². The highest BCUT2D eigenvalue weighted by Gasteiger charge is 2.15. The van der Waals surface area contributed by atoms with Crippen molar-refractivity contribution in [2.24, 2.45) is 0 Å². The number of fused-ring (bicyclic) bond motifs is 1. The first-order valence-corrected chi connectivity index (χ1v) is 12.6. The van der Waals surface area contributed by atoms with Gasteiger partial charge in [-0.2, -0.15) is 0 Å². The lowest BCUT2D eigenvalue weighted by atomic mass is 10.1. The molecule has 8 heteroatoms. The van der Waals surface area contributed by atoms with Crippen molar-refractivity contribution in [3.8, 4) is 0 Å². The number of amides is 1. The van der Waals surface area contributed by atoms with Gasteiger partial charge in [-0.25, -0.2) is 0 Å². The molecule has 1 saturated heterocycles. The van der Waals surface area contributed by atoms with Crippen LogP contribution < -0.4 is 16.4 Å². The number of nitrogens with one attached hydrogen (secondary N) is 1. The second-order valence-corrected chi connectivity index (χ2v) is 9.01. The van der Waals surface area contributed by atoms with Crippen molar-refractivity contribution in [1.29, 1.82) is 0 Å². The first-order chi connectivity index (χ1) is 17.0.